The number of nitrogens with zero attached hydrogens (tertiary/aromatic N) is 6. The second-order valence-corrected chi connectivity index (χ2v) is 7.46. The van der Waals surface area contributed by atoms with Crippen LogP contribution in [0.15, 0.2) is 55.2 Å². The molecule has 0 spiro atoms. The van der Waals surface area contributed by atoms with Gasteiger partial charge in [0, 0.05) is 38.4 Å². The Kier molecular flexibility index (Phi) is 6.42. The molecule has 4 rings (SSSR count). The van der Waals surface area contributed by atoms with Gasteiger partial charge in [-0.1, -0.05) is 18.2 Å². The number of anilines is 1. The molecule has 2 aromatic heterocycles. The van der Waals surface area contributed by atoms with Crippen LogP contribution in [-0.4, -0.2) is 64.0 Å². The fourth-order valence-corrected chi connectivity index (χ4v) is 3.57. The zero-order valence-corrected chi connectivity index (χ0v) is 17.8. The Morgan fingerprint density at radius 2 is 2.00 bits per heavy atom. The van der Waals surface area contributed by atoms with Crippen LogP contribution in [0.5, 0.6) is 0 Å². The standard InChI is InChI=1S/C22H27N7O2/c1-17(18-5-7-20(8-6-18)29-16-23-15-26-29)27(2)22(30)25-14-19-4-3-9-24-21(19)28-10-12-31-13-11-28/h3-9,15-17H,10-14H2,1-2H3,(H,25,30). The van der Waals surface area contributed by atoms with E-state index in [1.165, 1.54) is 6.33 Å². The Hall–Kier alpha value is -3.46. The summed E-state index contributed by atoms with van der Waals surface area (Å²) in [6.45, 7) is 5.42. The molecule has 1 aliphatic rings. The number of amides is 2. The second kappa shape index (κ2) is 9.57. The van der Waals surface area contributed by atoms with Gasteiger partial charge in [-0.3, -0.25) is 0 Å². The van der Waals surface area contributed by atoms with E-state index in [0.717, 1.165) is 35.7 Å². The number of nitrogens with one attached hydrogen (secondary N) is 1. The Morgan fingerprint density at radius 3 is 2.71 bits per heavy atom. The van der Waals surface area contributed by atoms with Gasteiger partial charge < -0.3 is 19.9 Å². The van der Waals surface area contributed by atoms with Crippen LogP contribution in [0.25, 0.3) is 5.69 Å². The van der Waals surface area contributed by atoms with Gasteiger partial charge in [-0.05, 0) is 30.7 Å². The lowest BCUT2D eigenvalue weighted by molar-refractivity contribution is 0.122. The van der Waals surface area contributed by atoms with Crippen molar-refractivity contribution in [2.75, 3.05) is 38.3 Å². The Balaban J connectivity index is 1.37. The van der Waals surface area contributed by atoms with Gasteiger partial charge in [0.25, 0.3) is 0 Å². The zero-order chi connectivity index (χ0) is 21.6. The first-order valence-corrected chi connectivity index (χ1v) is 10.4. The smallest absolute Gasteiger partial charge is 0.317 e. The molecule has 0 aliphatic carbocycles. The molecule has 1 saturated heterocycles. The Labute approximate surface area is 181 Å². The molecule has 9 nitrogen and oxygen atoms in total. The lowest BCUT2D eigenvalue weighted by Crippen LogP contribution is -2.40. The predicted octanol–water partition coefficient (Wildman–Crippen LogP) is 2.40. The summed E-state index contributed by atoms with van der Waals surface area (Å²) in [5.41, 5.74) is 2.96. The number of urea groups is 1. The average Bonchev–Trinajstić information content (AvgIpc) is 3.37. The van der Waals surface area contributed by atoms with Gasteiger partial charge in [0.15, 0.2) is 0 Å². The number of morpholine rings is 1. The molecular weight excluding hydrogens is 394 g/mol. The molecule has 1 atom stereocenters. The molecule has 0 radical (unpaired) electrons. The number of aromatic nitrogens is 4. The van der Waals surface area contributed by atoms with Gasteiger partial charge in [-0.25, -0.2) is 19.4 Å². The molecular formula is C22H27N7O2. The van der Waals surface area contributed by atoms with Crippen molar-refractivity contribution in [2.24, 2.45) is 0 Å². The van der Waals surface area contributed by atoms with E-state index in [1.54, 1.807) is 29.2 Å². The molecule has 3 aromatic rings. The first-order valence-electron chi connectivity index (χ1n) is 10.4. The van der Waals surface area contributed by atoms with Crippen molar-refractivity contribution in [3.8, 4) is 5.69 Å². The fraction of sp³-hybridized carbons (Fsp3) is 0.364. The number of pyridine rings is 1. The van der Waals surface area contributed by atoms with Crippen LogP contribution >= 0.6 is 0 Å². The largest absolute Gasteiger partial charge is 0.378 e. The molecule has 31 heavy (non-hydrogen) atoms. The zero-order valence-electron chi connectivity index (χ0n) is 17.8. The van der Waals surface area contributed by atoms with E-state index in [9.17, 15) is 4.79 Å². The maximum absolute atomic E-state index is 12.8. The van der Waals surface area contributed by atoms with E-state index in [2.05, 4.69) is 25.3 Å². The highest BCUT2D eigenvalue weighted by atomic mass is 16.5. The molecule has 9 heteroatoms. The number of carbonyl (C=O) groups excluding carboxylic acids is 1. The maximum Gasteiger partial charge on any atom is 0.317 e. The maximum atomic E-state index is 12.8. The molecule has 1 aliphatic heterocycles. The van der Waals surface area contributed by atoms with Crippen molar-refractivity contribution < 1.29 is 9.53 Å². The third kappa shape index (κ3) is 4.83. The third-order valence-corrected chi connectivity index (χ3v) is 5.57. The average molecular weight is 422 g/mol. The third-order valence-electron chi connectivity index (χ3n) is 5.57. The molecule has 1 N–H and O–H groups in total. The predicted molar refractivity (Wildman–Crippen MR) is 117 cm³/mol. The first kappa shape index (κ1) is 20.8. The minimum atomic E-state index is -0.135. The summed E-state index contributed by atoms with van der Waals surface area (Å²) >= 11 is 0. The van der Waals surface area contributed by atoms with Crippen LogP contribution in [0.1, 0.15) is 24.1 Å². The number of ether oxygens (including phenoxy) is 1. The molecule has 1 fully saturated rings. The highest BCUT2D eigenvalue weighted by molar-refractivity contribution is 5.74. The highest BCUT2D eigenvalue weighted by Gasteiger charge is 2.19. The van der Waals surface area contributed by atoms with Gasteiger partial charge in [-0.15, -0.1) is 0 Å². The number of benzene rings is 1. The van der Waals surface area contributed by atoms with E-state index in [0.29, 0.717) is 19.8 Å². The van der Waals surface area contributed by atoms with Crippen LogP contribution in [-0.2, 0) is 11.3 Å². The molecule has 3 heterocycles. The quantitative estimate of drug-likeness (QED) is 0.658. The van der Waals surface area contributed by atoms with Crippen LogP contribution in [0.4, 0.5) is 10.6 Å². The van der Waals surface area contributed by atoms with E-state index >= 15 is 0 Å². The van der Waals surface area contributed by atoms with Crippen LogP contribution in [0.3, 0.4) is 0 Å². The summed E-state index contributed by atoms with van der Waals surface area (Å²) < 4.78 is 7.13. The summed E-state index contributed by atoms with van der Waals surface area (Å²) in [5, 5.41) is 7.16. The number of rotatable bonds is 6. The molecule has 162 valence electrons. The molecule has 1 unspecified atom stereocenters. The van der Waals surface area contributed by atoms with Crippen LogP contribution in [0.2, 0.25) is 0 Å². The van der Waals surface area contributed by atoms with E-state index in [4.69, 9.17) is 4.74 Å². The molecule has 0 saturated carbocycles. The first-order chi connectivity index (χ1) is 15.1. The van der Waals surface area contributed by atoms with Crippen molar-refractivity contribution in [3.63, 3.8) is 0 Å². The summed E-state index contributed by atoms with van der Waals surface area (Å²) in [4.78, 5) is 25.2. The normalized spacial score (nSPS) is 14.8. The van der Waals surface area contributed by atoms with Crippen molar-refractivity contribution >= 4 is 11.8 Å². The van der Waals surface area contributed by atoms with Crippen molar-refractivity contribution in [2.45, 2.75) is 19.5 Å². The molecule has 2 amide bonds. The SMILES string of the molecule is CC(c1ccc(-n2cncn2)cc1)N(C)C(=O)NCc1cccnc1N1CCOCC1. The van der Waals surface area contributed by atoms with E-state index in [1.807, 2.05) is 43.3 Å². The Bertz CT molecular complexity index is 985. The number of hydrogen-bond acceptors (Lipinski definition) is 6. The monoisotopic (exact) mass is 421 g/mol. The van der Waals surface area contributed by atoms with Gasteiger partial charge in [-0.2, -0.15) is 5.10 Å². The van der Waals surface area contributed by atoms with Crippen LogP contribution < -0.4 is 10.2 Å². The van der Waals surface area contributed by atoms with Gasteiger partial charge >= 0.3 is 6.03 Å². The number of carbonyl (C=O) groups is 1. The highest BCUT2D eigenvalue weighted by Crippen LogP contribution is 2.21. The van der Waals surface area contributed by atoms with Crippen molar-refractivity contribution in [1.29, 1.82) is 0 Å². The topological polar surface area (TPSA) is 88.4 Å². The Morgan fingerprint density at radius 1 is 1.23 bits per heavy atom. The minimum absolute atomic E-state index is 0.0857. The van der Waals surface area contributed by atoms with Gasteiger partial charge in [0.2, 0.25) is 0 Å². The lowest BCUT2D eigenvalue weighted by atomic mass is 10.1. The summed E-state index contributed by atoms with van der Waals surface area (Å²) in [5.74, 6) is 0.908. The summed E-state index contributed by atoms with van der Waals surface area (Å²) in [7, 11) is 1.80. The minimum Gasteiger partial charge on any atom is -0.378 e. The van der Waals surface area contributed by atoms with Gasteiger partial charge in [0.1, 0.15) is 18.5 Å². The van der Waals surface area contributed by atoms with E-state index in [-0.39, 0.29) is 12.1 Å². The molecule has 0 bridgehead atoms. The molecule has 1 aromatic carbocycles. The van der Waals surface area contributed by atoms with E-state index < -0.39 is 0 Å². The fourth-order valence-electron chi connectivity index (χ4n) is 3.57. The summed E-state index contributed by atoms with van der Waals surface area (Å²) in [6, 6.07) is 11.6. The second-order valence-electron chi connectivity index (χ2n) is 7.46. The van der Waals surface area contributed by atoms with Crippen LogP contribution in [0, 0.1) is 0 Å². The summed E-state index contributed by atoms with van der Waals surface area (Å²) in [6.07, 6.45) is 4.94. The van der Waals surface area contributed by atoms with Gasteiger partial charge in [0.05, 0.1) is 24.9 Å². The van der Waals surface area contributed by atoms with Crippen molar-refractivity contribution in [1.82, 2.24) is 30.0 Å². The van der Waals surface area contributed by atoms with Crippen molar-refractivity contribution in [3.05, 3.63) is 66.4 Å². The lowest BCUT2D eigenvalue weighted by Gasteiger charge is -2.30. The number of hydrogen-bond donors (Lipinski definition) is 1.